The molecule has 5 fully saturated rings. The van der Waals surface area contributed by atoms with Gasteiger partial charge in [-0.25, -0.2) is 4.79 Å². The van der Waals surface area contributed by atoms with Crippen LogP contribution in [0.2, 0.25) is 0 Å². The van der Waals surface area contributed by atoms with Gasteiger partial charge in [0.15, 0.2) is 0 Å². The van der Waals surface area contributed by atoms with E-state index < -0.39 is 11.7 Å². The van der Waals surface area contributed by atoms with Crippen LogP contribution in [0.3, 0.4) is 0 Å². The fourth-order valence-corrected chi connectivity index (χ4v) is 6.59. The van der Waals surface area contributed by atoms with Gasteiger partial charge in [-0.3, -0.25) is 9.59 Å². The Kier molecular flexibility index (Phi) is 5.75. The summed E-state index contributed by atoms with van der Waals surface area (Å²) in [4.78, 5) is 39.4. The zero-order chi connectivity index (χ0) is 21.5. The van der Waals surface area contributed by atoms with Gasteiger partial charge in [0.1, 0.15) is 5.60 Å². The molecule has 3 amide bonds. The molecule has 4 saturated carbocycles. The largest absolute Gasteiger partial charge is 0.444 e. The summed E-state index contributed by atoms with van der Waals surface area (Å²) in [6.45, 7) is 6.78. The molecule has 0 unspecified atom stereocenters. The Morgan fingerprint density at radius 3 is 2.00 bits per heavy atom. The summed E-state index contributed by atoms with van der Waals surface area (Å²) in [6.07, 6.45) is 7.95. The summed E-state index contributed by atoms with van der Waals surface area (Å²) in [6, 6.07) is 0.0190. The Balaban J connectivity index is 1.20. The van der Waals surface area contributed by atoms with Gasteiger partial charge in [0, 0.05) is 24.5 Å². The number of nitrogens with one attached hydrogen (secondary N) is 2. The number of carbonyl (C=O) groups excluding carboxylic acids is 3. The number of likely N-dealkylation sites (tertiary alicyclic amines) is 1. The number of amides is 3. The van der Waals surface area contributed by atoms with Crippen LogP contribution in [-0.4, -0.2) is 54.1 Å². The first-order chi connectivity index (χ1) is 14.1. The number of carbonyl (C=O) groups is 3. The minimum atomic E-state index is -0.518. The molecule has 4 aliphatic carbocycles. The summed E-state index contributed by atoms with van der Waals surface area (Å²) in [5.41, 5.74) is -0.727. The minimum Gasteiger partial charge on any atom is -0.444 e. The van der Waals surface area contributed by atoms with E-state index in [9.17, 15) is 14.4 Å². The van der Waals surface area contributed by atoms with E-state index in [2.05, 4.69) is 10.6 Å². The number of ether oxygens (including phenoxy) is 1. The summed E-state index contributed by atoms with van der Waals surface area (Å²) in [5.74, 6) is 2.23. The highest BCUT2D eigenvalue weighted by Crippen LogP contribution is 2.60. The topological polar surface area (TPSA) is 87.7 Å². The monoisotopic (exact) mass is 419 g/mol. The van der Waals surface area contributed by atoms with Gasteiger partial charge < -0.3 is 20.3 Å². The third-order valence-corrected chi connectivity index (χ3v) is 7.49. The van der Waals surface area contributed by atoms with Crippen LogP contribution in [0.1, 0.15) is 72.1 Å². The van der Waals surface area contributed by atoms with Crippen LogP contribution < -0.4 is 10.6 Å². The first-order valence-corrected chi connectivity index (χ1v) is 11.7. The molecule has 1 heterocycles. The van der Waals surface area contributed by atoms with Crippen LogP contribution >= 0.6 is 0 Å². The van der Waals surface area contributed by atoms with Crippen LogP contribution in [0.15, 0.2) is 0 Å². The van der Waals surface area contributed by atoms with Gasteiger partial charge in [0.25, 0.3) is 0 Å². The third-order valence-electron chi connectivity index (χ3n) is 7.49. The zero-order valence-electron chi connectivity index (χ0n) is 18.7. The molecule has 7 heteroatoms. The van der Waals surface area contributed by atoms with E-state index in [1.54, 1.807) is 4.90 Å². The predicted molar refractivity (Wildman–Crippen MR) is 113 cm³/mol. The predicted octanol–water partition coefficient (Wildman–Crippen LogP) is 2.83. The van der Waals surface area contributed by atoms with Gasteiger partial charge in [-0.05, 0) is 89.9 Å². The molecule has 4 bridgehead atoms. The van der Waals surface area contributed by atoms with Crippen molar-refractivity contribution in [1.82, 2.24) is 15.5 Å². The van der Waals surface area contributed by atoms with E-state index >= 15 is 0 Å². The van der Waals surface area contributed by atoms with Gasteiger partial charge in [-0.15, -0.1) is 0 Å². The van der Waals surface area contributed by atoms with Crippen molar-refractivity contribution in [2.24, 2.45) is 23.2 Å². The highest BCUT2D eigenvalue weighted by Gasteiger charge is 2.54. The Bertz CT molecular complexity index is 656. The number of rotatable bonds is 4. The molecule has 0 radical (unpaired) electrons. The van der Waals surface area contributed by atoms with Crippen molar-refractivity contribution >= 4 is 17.9 Å². The standard InChI is InChI=1S/C23H37N3O4/c1-22(2,3)30-21(29)25-18-4-6-26(7-5-18)19(27)14-24-20(28)23-11-15-8-16(12-23)10-17(9-15)13-23/h15-18H,4-14H2,1-3H3,(H,24,28)(H,25,29). The van der Waals surface area contributed by atoms with Crippen LogP contribution in [0, 0.1) is 23.2 Å². The fourth-order valence-electron chi connectivity index (χ4n) is 6.59. The second kappa shape index (κ2) is 8.04. The summed E-state index contributed by atoms with van der Waals surface area (Å²) in [7, 11) is 0. The van der Waals surface area contributed by atoms with E-state index in [4.69, 9.17) is 4.74 Å². The molecule has 0 aromatic carbocycles. The van der Waals surface area contributed by atoms with Crippen LogP contribution in [0.25, 0.3) is 0 Å². The molecule has 0 aromatic rings. The van der Waals surface area contributed by atoms with Crippen LogP contribution in [0.5, 0.6) is 0 Å². The molecule has 7 nitrogen and oxygen atoms in total. The highest BCUT2D eigenvalue weighted by molar-refractivity contribution is 5.88. The summed E-state index contributed by atoms with van der Waals surface area (Å²) >= 11 is 0. The number of piperidine rings is 1. The smallest absolute Gasteiger partial charge is 0.407 e. The molecule has 0 atom stereocenters. The average Bonchev–Trinajstić information content (AvgIpc) is 2.63. The SMILES string of the molecule is CC(C)(C)OC(=O)NC1CCN(C(=O)CNC(=O)C23CC4CC(CC(C4)C2)C3)CC1. The third kappa shape index (κ3) is 4.75. The molecule has 0 aromatic heterocycles. The number of nitrogens with zero attached hydrogens (tertiary/aromatic N) is 1. The maximum absolute atomic E-state index is 13.0. The van der Waals surface area contributed by atoms with E-state index in [0.717, 1.165) is 19.3 Å². The molecule has 5 aliphatic rings. The molecule has 5 rings (SSSR count). The lowest BCUT2D eigenvalue weighted by Crippen LogP contribution is -2.55. The zero-order valence-corrected chi connectivity index (χ0v) is 18.7. The number of hydrogen-bond donors (Lipinski definition) is 2. The molecule has 168 valence electrons. The quantitative estimate of drug-likeness (QED) is 0.733. The second-order valence-corrected chi connectivity index (χ2v) is 11.2. The van der Waals surface area contributed by atoms with Crippen molar-refractivity contribution in [2.45, 2.75) is 83.8 Å². The van der Waals surface area contributed by atoms with Crippen molar-refractivity contribution in [3.63, 3.8) is 0 Å². The van der Waals surface area contributed by atoms with Gasteiger partial charge in [0.2, 0.25) is 11.8 Å². The normalized spacial score (nSPS) is 33.3. The van der Waals surface area contributed by atoms with Gasteiger partial charge >= 0.3 is 6.09 Å². The maximum atomic E-state index is 13.0. The Hall–Kier alpha value is -1.79. The highest BCUT2D eigenvalue weighted by atomic mass is 16.6. The van der Waals surface area contributed by atoms with Crippen molar-refractivity contribution in [3.05, 3.63) is 0 Å². The van der Waals surface area contributed by atoms with E-state index in [1.165, 1.54) is 19.3 Å². The molecule has 1 aliphatic heterocycles. The molecule has 0 spiro atoms. The molecule has 30 heavy (non-hydrogen) atoms. The fraction of sp³-hybridized carbons (Fsp3) is 0.870. The van der Waals surface area contributed by atoms with E-state index in [-0.39, 0.29) is 29.8 Å². The van der Waals surface area contributed by atoms with Crippen molar-refractivity contribution in [3.8, 4) is 0 Å². The first kappa shape index (κ1) is 21.4. The first-order valence-electron chi connectivity index (χ1n) is 11.7. The summed E-state index contributed by atoms with van der Waals surface area (Å²) < 4.78 is 5.30. The molecular formula is C23H37N3O4. The van der Waals surface area contributed by atoms with E-state index in [1.807, 2.05) is 20.8 Å². The molecule has 1 saturated heterocycles. The number of hydrogen-bond acceptors (Lipinski definition) is 4. The van der Waals surface area contributed by atoms with Crippen LogP contribution in [-0.2, 0) is 14.3 Å². The Morgan fingerprint density at radius 2 is 1.50 bits per heavy atom. The molecule has 2 N–H and O–H groups in total. The lowest BCUT2D eigenvalue weighted by Gasteiger charge is -2.55. The minimum absolute atomic E-state index is 0.0190. The van der Waals surface area contributed by atoms with Crippen molar-refractivity contribution < 1.29 is 19.1 Å². The lowest BCUT2D eigenvalue weighted by molar-refractivity contribution is -0.148. The Labute approximate surface area is 179 Å². The van der Waals surface area contributed by atoms with E-state index in [0.29, 0.717) is 43.7 Å². The second-order valence-electron chi connectivity index (χ2n) is 11.2. The van der Waals surface area contributed by atoms with Crippen molar-refractivity contribution in [2.75, 3.05) is 19.6 Å². The Morgan fingerprint density at radius 1 is 0.967 bits per heavy atom. The maximum Gasteiger partial charge on any atom is 0.407 e. The summed E-state index contributed by atoms with van der Waals surface area (Å²) in [5, 5.41) is 5.88. The number of alkyl carbamates (subject to hydrolysis) is 1. The average molecular weight is 420 g/mol. The molecular weight excluding hydrogens is 382 g/mol. The van der Waals surface area contributed by atoms with Gasteiger partial charge in [-0.1, -0.05) is 0 Å². The van der Waals surface area contributed by atoms with Crippen LogP contribution in [0.4, 0.5) is 4.79 Å². The van der Waals surface area contributed by atoms with Crippen molar-refractivity contribution in [1.29, 1.82) is 0 Å². The lowest BCUT2D eigenvalue weighted by atomic mass is 9.49. The van der Waals surface area contributed by atoms with Gasteiger partial charge in [-0.2, -0.15) is 0 Å². The van der Waals surface area contributed by atoms with Gasteiger partial charge in [0.05, 0.1) is 6.54 Å².